The molecule has 0 atom stereocenters. The Balaban J connectivity index is 2.16. The molecule has 0 bridgehead atoms. The Morgan fingerprint density at radius 2 is 1.83 bits per heavy atom. The normalized spacial score (nSPS) is 16.2. The Morgan fingerprint density at radius 3 is 2.33 bits per heavy atom. The third kappa shape index (κ3) is 1.59. The molecule has 0 N–H and O–H groups in total. The zero-order chi connectivity index (χ0) is 8.55. The summed E-state index contributed by atoms with van der Waals surface area (Å²) < 4.78 is 0. The van der Waals surface area contributed by atoms with Crippen LogP contribution in [0.3, 0.4) is 0 Å². The van der Waals surface area contributed by atoms with Crippen molar-refractivity contribution in [2.45, 2.75) is 19.8 Å². The second-order valence-corrected chi connectivity index (χ2v) is 3.90. The molecule has 1 aromatic carbocycles. The van der Waals surface area contributed by atoms with Gasteiger partial charge in [0, 0.05) is 43.0 Å². The molecule has 1 saturated carbocycles. The van der Waals surface area contributed by atoms with E-state index < -0.39 is 0 Å². The molecule has 0 unspecified atom stereocenters. The van der Waals surface area contributed by atoms with Crippen molar-refractivity contribution < 1.29 is 0 Å². The van der Waals surface area contributed by atoms with E-state index in [0.717, 1.165) is 10.9 Å². The lowest BCUT2D eigenvalue weighted by Crippen LogP contribution is -1.95. The fraction of sp³-hybridized carbons (Fsp3) is 0.364. The molecule has 0 nitrogen and oxygen atoms in total. The van der Waals surface area contributed by atoms with Gasteiger partial charge in [-0.2, -0.15) is 0 Å². The van der Waals surface area contributed by atoms with Crippen LogP contribution in [0.5, 0.6) is 0 Å². The van der Waals surface area contributed by atoms with Crippen LogP contribution in [-0.4, -0.2) is 0 Å². The molecule has 1 fully saturated rings. The summed E-state index contributed by atoms with van der Waals surface area (Å²) in [5.41, 5.74) is 1.35. The zero-order valence-corrected chi connectivity index (χ0v) is 7.93. The summed E-state index contributed by atoms with van der Waals surface area (Å²) in [5.74, 6) is 2.37. The fourth-order valence-electron chi connectivity index (χ4n) is 1.46. The van der Waals surface area contributed by atoms with Crippen LogP contribution in [0.4, 0.5) is 0 Å². The molecule has 0 aliphatic heterocycles. The standard InChI is InChI=1S/C11H12Cl/c1-8(9-2-3-9)10-4-6-11(12)7-5-10/h4-7,9H,2-3H2,1H3/q+1. The van der Waals surface area contributed by atoms with Crippen LogP contribution < -0.4 is 0 Å². The van der Waals surface area contributed by atoms with Crippen molar-refractivity contribution in [2.75, 3.05) is 0 Å². The van der Waals surface area contributed by atoms with Crippen LogP contribution in [0.25, 0.3) is 0 Å². The average Bonchev–Trinajstić information content (AvgIpc) is 2.87. The fourth-order valence-corrected chi connectivity index (χ4v) is 1.59. The number of benzene rings is 1. The molecule has 2 rings (SSSR count). The minimum atomic E-state index is 0.822. The summed E-state index contributed by atoms with van der Waals surface area (Å²) >= 11 is 5.80. The van der Waals surface area contributed by atoms with Gasteiger partial charge in [-0.15, -0.1) is 0 Å². The maximum atomic E-state index is 5.80. The highest BCUT2D eigenvalue weighted by Gasteiger charge is 2.34. The molecule has 62 valence electrons. The van der Waals surface area contributed by atoms with Crippen molar-refractivity contribution in [3.05, 3.63) is 40.8 Å². The van der Waals surface area contributed by atoms with E-state index in [4.69, 9.17) is 11.6 Å². The highest BCUT2D eigenvalue weighted by atomic mass is 35.5. The summed E-state index contributed by atoms with van der Waals surface area (Å²) in [6.45, 7) is 2.22. The first kappa shape index (κ1) is 8.00. The van der Waals surface area contributed by atoms with Gasteiger partial charge in [-0.05, 0) is 12.8 Å². The van der Waals surface area contributed by atoms with E-state index in [1.807, 2.05) is 12.1 Å². The first-order valence-electron chi connectivity index (χ1n) is 4.37. The summed E-state index contributed by atoms with van der Waals surface area (Å²) in [4.78, 5) is 0. The predicted molar refractivity (Wildman–Crippen MR) is 52.2 cm³/mol. The van der Waals surface area contributed by atoms with Crippen LogP contribution in [0.15, 0.2) is 24.3 Å². The van der Waals surface area contributed by atoms with Gasteiger partial charge in [0.15, 0.2) is 0 Å². The minimum absolute atomic E-state index is 0.822. The molecule has 0 heterocycles. The minimum Gasteiger partial charge on any atom is -0.0818 e. The van der Waals surface area contributed by atoms with Gasteiger partial charge in [-0.1, -0.05) is 11.6 Å². The second-order valence-electron chi connectivity index (χ2n) is 3.46. The third-order valence-electron chi connectivity index (χ3n) is 2.49. The van der Waals surface area contributed by atoms with Crippen molar-refractivity contribution in [3.63, 3.8) is 0 Å². The Labute approximate surface area is 78.6 Å². The van der Waals surface area contributed by atoms with Gasteiger partial charge in [-0.3, -0.25) is 0 Å². The maximum Gasteiger partial charge on any atom is 0.132 e. The summed E-state index contributed by atoms with van der Waals surface area (Å²) in [6.07, 6.45) is 2.74. The van der Waals surface area contributed by atoms with Crippen molar-refractivity contribution in [2.24, 2.45) is 5.92 Å². The molecule has 0 amide bonds. The van der Waals surface area contributed by atoms with E-state index in [9.17, 15) is 0 Å². The van der Waals surface area contributed by atoms with Crippen molar-refractivity contribution >= 4 is 11.6 Å². The van der Waals surface area contributed by atoms with E-state index in [2.05, 4.69) is 19.1 Å². The van der Waals surface area contributed by atoms with Crippen LogP contribution in [0.2, 0.25) is 5.02 Å². The first-order valence-corrected chi connectivity index (χ1v) is 4.74. The van der Waals surface area contributed by atoms with Crippen molar-refractivity contribution in [1.29, 1.82) is 0 Å². The highest BCUT2D eigenvalue weighted by molar-refractivity contribution is 6.30. The number of rotatable bonds is 2. The lowest BCUT2D eigenvalue weighted by Gasteiger charge is -2.00. The summed E-state index contributed by atoms with van der Waals surface area (Å²) in [7, 11) is 0. The van der Waals surface area contributed by atoms with Gasteiger partial charge in [0.2, 0.25) is 0 Å². The van der Waals surface area contributed by atoms with E-state index in [0.29, 0.717) is 0 Å². The Bertz CT molecular complexity index is 259. The van der Waals surface area contributed by atoms with Crippen LogP contribution in [0.1, 0.15) is 25.3 Å². The predicted octanol–water partition coefficient (Wildman–Crippen LogP) is 3.69. The van der Waals surface area contributed by atoms with Gasteiger partial charge in [0.05, 0.1) is 5.02 Å². The first-order chi connectivity index (χ1) is 5.77. The van der Waals surface area contributed by atoms with Gasteiger partial charge in [0.1, 0.15) is 5.56 Å². The molecule has 0 saturated heterocycles. The topological polar surface area (TPSA) is 0 Å². The highest BCUT2D eigenvalue weighted by Crippen LogP contribution is 2.41. The van der Waals surface area contributed by atoms with Crippen LogP contribution in [-0.2, 0) is 0 Å². The third-order valence-corrected chi connectivity index (χ3v) is 2.74. The Kier molecular flexibility index (Phi) is 2.02. The maximum absolute atomic E-state index is 5.80. The van der Waals surface area contributed by atoms with Gasteiger partial charge in [0.25, 0.3) is 0 Å². The van der Waals surface area contributed by atoms with E-state index in [1.54, 1.807) is 0 Å². The van der Waals surface area contributed by atoms with Gasteiger partial charge >= 0.3 is 0 Å². The molecule has 0 radical (unpaired) electrons. The molecule has 1 aliphatic rings. The largest absolute Gasteiger partial charge is 0.132 e. The summed E-state index contributed by atoms with van der Waals surface area (Å²) in [6, 6.07) is 8.14. The lowest BCUT2D eigenvalue weighted by atomic mass is 9.97. The molecular formula is C11H12Cl+. The van der Waals surface area contributed by atoms with Crippen molar-refractivity contribution in [3.8, 4) is 0 Å². The zero-order valence-electron chi connectivity index (χ0n) is 7.18. The molecule has 1 aliphatic carbocycles. The Morgan fingerprint density at radius 1 is 1.25 bits per heavy atom. The second kappa shape index (κ2) is 3.02. The van der Waals surface area contributed by atoms with Crippen molar-refractivity contribution in [1.82, 2.24) is 0 Å². The van der Waals surface area contributed by atoms with Gasteiger partial charge in [-0.25, -0.2) is 0 Å². The average molecular weight is 180 g/mol. The Hall–Kier alpha value is -0.620. The smallest absolute Gasteiger partial charge is 0.0818 e. The van der Waals surface area contributed by atoms with Gasteiger partial charge < -0.3 is 0 Å². The monoisotopic (exact) mass is 179 g/mol. The molecule has 1 aromatic rings. The SMILES string of the molecule is C[C+](c1ccc(Cl)cc1)C1CC1. The molecular weight excluding hydrogens is 168 g/mol. The number of halogens is 1. The molecule has 0 aromatic heterocycles. The number of hydrogen-bond acceptors (Lipinski definition) is 0. The van der Waals surface area contributed by atoms with Crippen LogP contribution in [0, 0.1) is 11.8 Å². The molecule has 0 spiro atoms. The lowest BCUT2D eigenvalue weighted by molar-refractivity contribution is 0.876. The van der Waals surface area contributed by atoms with E-state index >= 15 is 0 Å². The number of hydrogen-bond donors (Lipinski definition) is 0. The van der Waals surface area contributed by atoms with E-state index in [-0.39, 0.29) is 0 Å². The molecule has 1 heteroatoms. The summed E-state index contributed by atoms with van der Waals surface area (Å²) in [5, 5.41) is 0.822. The molecule has 12 heavy (non-hydrogen) atoms. The van der Waals surface area contributed by atoms with E-state index in [1.165, 1.54) is 24.3 Å². The van der Waals surface area contributed by atoms with Crippen LogP contribution >= 0.6 is 11.6 Å². The quantitative estimate of drug-likeness (QED) is 0.608.